The fraction of sp³-hybridized carbons (Fsp3) is 0.739. The van der Waals surface area contributed by atoms with Crippen molar-refractivity contribution in [2.75, 3.05) is 18.7 Å². The van der Waals surface area contributed by atoms with Crippen molar-refractivity contribution in [3.05, 3.63) is 11.8 Å². The maximum atomic E-state index is 12.6. The highest BCUT2D eigenvalue weighted by atomic mass is 19.1. The number of nitrogens with zero attached hydrogens (tertiary/aromatic N) is 3. The SMILES string of the molecule is N#CCC1(n2cc(C(N)=O)c(NC(=O)C3CC3)n2)CCC(NC(CCCF)CCCF)CC1. The molecule has 0 unspecified atom stereocenters. The van der Waals surface area contributed by atoms with Gasteiger partial charge in [0.15, 0.2) is 5.82 Å². The van der Waals surface area contributed by atoms with E-state index in [-0.39, 0.29) is 55.1 Å². The van der Waals surface area contributed by atoms with E-state index < -0.39 is 11.4 Å². The number of alkyl halides is 2. The summed E-state index contributed by atoms with van der Waals surface area (Å²) in [5, 5.41) is 20.3. The normalized spacial score (nSPS) is 22.8. The lowest BCUT2D eigenvalue weighted by atomic mass is 9.77. The van der Waals surface area contributed by atoms with E-state index >= 15 is 0 Å². The highest BCUT2D eigenvalue weighted by Crippen LogP contribution is 2.39. The van der Waals surface area contributed by atoms with Gasteiger partial charge in [-0.2, -0.15) is 10.4 Å². The van der Waals surface area contributed by atoms with Crippen LogP contribution >= 0.6 is 0 Å². The lowest BCUT2D eigenvalue weighted by Crippen LogP contribution is -2.46. The average molecular weight is 465 g/mol. The van der Waals surface area contributed by atoms with Gasteiger partial charge in [-0.25, -0.2) is 0 Å². The number of halogens is 2. The van der Waals surface area contributed by atoms with Crippen LogP contribution in [-0.4, -0.2) is 47.0 Å². The molecule has 2 amide bonds. The number of amides is 2. The number of nitriles is 1. The van der Waals surface area contributed by atoms with E-state index in [1.54, 1.807) is 10.9 Å². The summed E-state index contributed by atoms with van der Waals surface area (Å²) in [6.07, 6.45) is 8.46. The Balaban J connectivity index is 1.71. The van der Waals surface area contributed by atoms with Crippen molar-refractivity contribution in [2.24, 2.45) is 11.7 Å². The second kappa shape index (κ2) is 11.5. The summed E-state index contributed by atoms with van der Waals surface area (Å²) >= 11 is 0. The molecule has 0 saturated heterocycles. The summed E-state index contributed by atoms with van der Waals surface area (Å²) < 4.78 is 26.9. The van der Waals surface area contributed by atoms with Gasteiger partial charge in [-0.15, -0.1) is 0 Å². The maximum absolute atomic E-state index is 12.6. The number of primary amides is 1. The van der Waals surface area contributed by atoms with Crippen LogP contribution < -0.4 is 16.4 Å². The molecule has 2 aliphatic rings. The highest BCUT2D eigenvalue weighted by molar-refractivity contribution is 6.02. The van der Waals surface area contributed by atoms with Crippen LogP contribution in [0.25, 0.3) is 0 Å². The predicted molar refractivity (Wildman–Crippen MR) is 120 cm³/mol. The third-order valence-corrected chi connectivity index (χ3v) is 6.82. The number of anilines is 1. The monoisotopic (exact) mass is 464 g/mol. The van der Waals surface area contributed by atoms with Crippen LogP contribution in [0.4, 0.5) is 14.6 Å². The van der Waals surface area contributed by atoms with Crippen LogP contribution in [0.2, 0.25) is 0 Å². The van der Waals surface area contributed by atoms with E-state index in [0.29, 0.717) is 38.5 Å². The lowest BCUT2D eigenvalue weighted by Gasteiger charge is -2.40. The number of aromatic nitrogens is 2. The molecule has 8 nitrogen and oxygen atoms in total. The lowest BCUT2D eigenvalue weighted by molar-refractivity contribution is -0.117. The van der Waals surface area contributed by atoms with Gasteiger partial charge in [-0.3, -0.25) is 23.1 Å². The first-order valence-corrected chi connectivity index (χ1v) is 11.9. The molecule has 0 aromatic carbocycles. The minimum absolute atomic E-state index is 0.0480. The predicted octanol–water partition coefficient (Wildman–Crippen LogP) is 3.34. The molecule has 0 atom stereocenters. The zero-order valence-corrected chi connectivity index (χ0v) is 19.0. The van der Waals surface area contributed by atoms with Gasteiger partial charge in [-0.1, -0.05) is 0 Å². The van der Waals surface area contributed by atoms with Crippen LogP contribution in [0.15, 0.2) is 6.20 Å². The van der Waals surface area contributed by atoms with Gasteiger partial charge in [0.05, 0.1) is 31.4 Å². The van der Waals surface area contributed by atoms with Crippen LogP contribution in [-0.2, 0) is 10.3 Å². The van der Waals surface area contributed by atoms with E-state index in [1.807, 2.05) is 0 Å². The van der Waals surface area contributed by atoms with Crippen LogP contribution in [0.3, 0.4) is 0 Å². The minimum Gasteiger partial charge on any atom is -0.365 e. The van der Waals surface area contributed by atoms with Crippen molar-refractivity contribution in [1.29, 1.82) is 5.26 Å². The number of rotatable bonds is 13. The minimum atomic E-state index is -0.682. The molecule has 4 N–H and O–H groups in total. The molecule has 1 aromatic heterocycles. The van der Waals surface area contributed by atoms with Crippen molar-refractivity contribution >= 4 is 17.6 Å². The third-order valence-electron chi connectivity index (χ3n) is 6.82. The Labute approximate surface area is 193 Å². The molecule has 0 aliphatic heterocycles. The Morgan fingerprint density at radius 1 is 1.21 bits per heavy atom. The Kier molecular flexibility index (Phi) is 8.78. The molecule has 33 heavy (non-hydrogen) atoms. The molecule has 2 aliphatic carbocycles. The summed E-state index contributed by atoms with van der Waals surface area (Å²) in [5.41, 5.74) is 5.06. The third kappa shape index (κ3) is 6.50. The van der Waals surface area contributed by atoms with E-state index in [4.69, 9.17) is 5.73 Å². The molecule has 2 saturated carbocycles. The summed E-state index contributed by atoms with van der Waals surface area (Å²) in [4.78, 5) is 24.2. The molecular weight excluding hydrogens is 430 g/mol. The second-order valence-electron chi connectivity index (χ2n) is 9.32. The van der Waals surface area contributed by atoms with Crippen LogP contribution in [0, 0.1) is 17.2 Å². The Hall–Kier alpha value is -2.54. The maximum Gasteiger partial charge on any atom is 0.254 e. The smallest absolute Gasteiger partial charge is 0.254 e. The second-order valence-corrected chi connectivity index (χ2v) is 9.32. The van der Waals surface area contributed by atoms with Gasteiger partial charge in [-0.05, 0) is 64.2 Å². The first-order valence-electron chi connectivity index (χ1n) is 11.9. The molecule has 1 heterocycles. The summed E-state index contributed by atoms with van der Waals surface area (Å²) in [6.45, 7) is -0.768. The quantitative estimate of drug-likeness (QED) is 0.413. The first kappa shape index (κ1) is 25.1. The molecule has 10 heteroatoms. The zero-order valence-electron chi connectivity index (χ0n) is 19.0. The standard InChI is InChI=1S/C23H34F2N6O2/c24-12-1-3-17(4-2-13-25)28-18-7-9-23(10-8-18,11-14-26)31-15-19(20(27)32)21(30-31)29-22(33)16-5-6-16/h15-18,28H,1-13H2,(H2,27,32)(H,29,30,33). The van der Waals surface area contributed by atoms with Gasteiger partial charge in [0.25, 0.3) is 5.91 Å². The molecule has 2 fully saturated rings. The van der Waals surface area contributed by atoms with E-state index in [0.717, 1.165) is 25.7 Å². The van der Waals surface area contributed by atoms with Crippen molar-refractivity contribution in [1.82, 2.24) is 15.1 Å². The molecular formula is C23H34F2N6O2. The molecule has 0 radical (unpaired) electrons. The number of hydrogen-bond acceptors (Lipinski definition) is 5. The summed E-state index contributed by atoms with van der Waals surface area (Å²) in [7, 11) is 0. The van der Waals surface area contributed by atoms with Crippen molar-refractivity contribution in [3.8, 4) is 6.07 Å². The number of carbonyl (C=O) groups excluding carboxylic acids is 2. The van der Waals surface area contributed by atoms with Gasteiger partial charge >= 0.3 is 0 Å². The Bertz CT molecular complexity index is 848. The number of carbonyl (C=O) groups is 2. The van der Waals surface area contributed by atoms with Crippen LogP contribution in [0.1, 0.15) is 81.0 Å². The van der Waals surface area contributed by atoms with E-state index in [9.17, 15) is 23.6 Å². The fourth-order valence-corrected chi connectivity index (χ4v) is 4.70. The Morgan fingerprint density at radius 3 is 2.36 bits per heavy atom. The van der Waals surface area contributed by atoms with Gasteiger partial charge in [0.1, 0.15) is 5.56 Å². The molecule has 1 aromatic rings. The van der Waals surface area contributed by atoms with Crippen LogP contribution in [0.5, 0.6) is 0 Å². The van der Waals surface area contributed by atoms with Gasteiger partial charge in [0.2, 0.25) is 5.91 Å². The fourth-order valence-electron chi connectivity index (χ4n) is 4.70. The highest BCUT2D eigenvalue weighted by Gasteiger charge is 2.39. The summed E-state index contributed by atoms with van der Waals surface area (Å²) in [5.74, 6) is -0.751. The molecule has 3 rings (SSSR count). The number of nitrogens with one attached hydrogen (secondary N) is 2. The van der Waals surface area contributed by atoms with Crippen molar-refractivity contribution < 1.29 is 18.4 Å². The largest absolute Gasteiger partial charge is 0.365 e. The molecule has 182 valence electrons. The Morgan fingerprint density at radius 2 is 1.85 bits per heavy atom. The van der Waals surface area contributed by atoms with Gasteiger partial charge < -0.3 is 16.4 Å². The average Bonchev–Trinajstić information content (AvgIpc) is 3.57. The van der Waals surface area contributed by atoms with Gasteiger partial charge in [0, 0.05) is 24.2 Å². The van der Waals surface area contributed by atoms with E-state index in [1.165, 1.54) is 0 Å². The van der Waals surface area contributed by atoms with Crippen molar-refractivity contribution in [3.63, 3.8) is 0 Å². The van der Waals surface area contributed by atoms with E-state index in [2.05, 4.69) is 21.8 Å². The number of hydrogen-bond donors (Lipinski definition) is 3. The van der Waals surface area contributed by atoms with Crippen molar-refractivity contribution in [2.45, 2.75) is 88.3 Å². The topological polar surface area (TPSA) is 126 Å². The zero-order chi connectivity index (χ0) is 23.8. The number of nitrogens with two attached hydrogens (primary N) is 1. The summed E-state index contributed by atoms with van der Waals surface area (Å²) in [6, 6.07) is 2.50. The molecule has 0 spiro atoms. The molecule has 0 bridgehead atoms. The first-order chi connectivity index (χ1) is 15.9.